The van der Waals surface area contributed by atoms with E-state index < -0.39 is 0 Å². The predicted octanol–water partition coefficient (Wildman–Crippen LogP) is 11.1. The van der Waals surface area contributed by atoms with Gasteiger partial charge in [0.25, 0.3) is 0 Å². The first-order valence-corrected chi connectivity index (χ1v) is 15.4. The van der Waals surface area contributed by atoms with Crippen LogP contribution >= 0.6 is 0 Å². The largest absolute Gasteiger partial charge is 0.338 e. The van der Waals surface area contributed by atoms with Gasteiger partial charge in [0.05, 0.1) is 16.6 Å². The fraction of sp³-hybridized carbons (Fsp3) is 0.0732. The maximum Gasteiger partial charge on any atom is 0.0547 e. The summed E-state index contributed by atoms with van der Waals surface area (Å²) in [5.74, 6) is 0. The van der Waals surface area contributed by atoms with Crippen molar-refractivity contribution in [2.75, 3.05) is 0 Å². The second kappa shape index (κ2) is 9.48. The van der Waals surface area contributed by atoms with Gasteiger partial charge in [0.15, 0.2) is 0 Å². The lowest BCUT2D eigenvalue weighted by Crippen LogP contribution is -2.00. The monoisotopic (exact) mass is 565 g/mol. The molecule has 6 aromatic carbocycles. The van der Waals surface area contributed by atoms with Crippen molar-refractivity contribution >= 4 is 54.5 Å². The van der Waals surface area contributed by atoms with E-state index in [1.54, 1.807) is 0 Å². The molecule has 0 fully saturated rings. The van der Waals surface area contributed by atoms with Gasteiger partial charge in [0.1, 0.15) is 0 Å². The van der Waals surface area contributed by atoms with Crippen molar-refractivity contribution in [1.29, 1.82) is 0 Å². The Kier molecular flexibility index (Phi) is 5.39. The van der Waals surface area contributed by atoms with E-state index in [1.165, 1.54) is 77.0 Å². The lowest BCUT2D eigenvalue weighted by atomic mass is 10.0. The summed E-state index contributed by atoms with van der Waals surface area (Å²) < 4.78 is 7.15. The Morgan fingerprint density at radius 1 is 0.432 bits per heavy atom. The first kappa shape index (κ1) is 25.0. The number of rotatable bonds is 4. The van der Waals surface area contributed by atoms with Crippen LogP contribution in [-0.2, 0) is 0 Å². The second-order valence-corrected chi connectivity index (χ2v) is 12.1. The molecule has 9 rings (SSSR count). The summed E-state index contributed by atoms with van der Waals surface area (Å²) in [6.45, 7) is 4.52. The number of para-hydroxylation sites is 3. The molecule has 0 radical (unpaired) electrons. The lowest BCUT2D eigenvalue weighted by Gasteiger charge is -2.12. The van der Waals surface area contributed by atoms with E-state index in [9.17, 15) is 0 Å². The Hall–Kier alpha value is -5.54. The fourth-order valence-electron chi connectivity index (χ4n) is 7.25. The van der Waals surface area contributed by atoms with Gasteiger partial charge < -0.3 is 13.7 Å². The summed E-state index contributed by atoms with van der Waals surface area (Å²) in [4.78, 5) is 0. The zero-order chi connectivity index (χ0) is 29.4. The maximum absolute atomic E-state index is 2.45. The molecule has 9 aromatic rings. The van der Waals surface area contributed by atoms with E-state index in [0.717, 1.165) is 0 Å². The molecule has 0 bridgehead atoms. The highest BCUT2D eigenvalue weighted by molar-refractivity contribution is 6.11. The van der Waals surface area contributed by atoms with Gasteiger partial charge in [-0.3, -0.25) is 0 Å². The molecule has 3 heterocycles. The summed E-state index contributed by atoms with van der Waals surface area (Å²) in [6, 6.07) is 51.4. The number of aromatic nitrogens is 3. The minimum Gasteiger partial charge on any atom is -0.338 e. The zero-order valence-electron chi connectivity index (χ0n) is 24.8. The third-order valence-corrected chi connectivity index (χ3v) is 9.20. The molecule has 44 heavy (non-hydrogen) atoms. The summed E-state index contributed by atoms with van der Waals surface area (Å²) in [5, 5.41) is 6.39. The third kappa shape index (κ3) is 3.62. The van der Waals surface area contributed by atoms with Gasteiger partial charge in [0.2, 0.25) is 0 Å². The van der Waals surface area contributed by atoms with Gasteiger partial charge in [0, 0.05) is 61.6 Å². The number of nitrogens with zero attached hydrogens (tertiary/aromatic N) is 3. The fourth-order valence-corrected chi connectivity index (χ4v) is 7.25. The van der Waals surface area contributed by atoms with Crippen LogP contribution in [0.2, 0.25) is 0 Å². The van der Waals surface area contributed by atoms with Crippen LogP contribution in [0.15, 0.2) is 146 Å². The molecule has 3 heteroatoms. The molecule has 0 aliphatic rings. The van der Waals surface area contributed by atoms with Gasteiger partial charge in [-0.2, -0.15) is 0 Å². The minimum absolute atomic E-state index is 0.391. The van der Waals surface area contributed by atoms with Crippen molar-refractivity contribution in [3.8, 4) is 22.5 Å². The summed E-state index contributed by atoms with van der Waals surface area (Å²) >= 11 is 0. The van der Waals surface area contributed by atoms with E-state index in [1.807, 2.05) is 0 Å². The molecular formula is C41H31N3. The highest BCUT2D eigenvalue weighted by Crippen LogP contribution is 2.37. The average molecular weight is 566 g/mol. The van der Waals surface area contributed by atoms with Gasteiger partial charge >= 0.3 is 0 Å². The molecule has 0 atom stereocenters. The standard InChI is InChI=1S/C41H31N3/c1-27(2)43-38-14-8-7-13-34(38)36-26-32(18-21-40(36)43)42-23-22-30-24-28(17-20-37(30)42)29-16-19-35-33-12-6-9-15-39(33)44(41(35)25-29)31-10-4-3-5-11-31/h3-27H,1-2H3. The van der Waals surface area contributed by atoms with E-state index in [0.29, 0.717) is 6.04 Å². The molecule has 0 aliphatic carbocycles. The number of benzene rings is 6. The van der Waals surface area contributed by atoms with Crippen molar-refractivity contribution in [2.24, 2.45) is 0 Å². The van der Waals surface area contributed by atoms with Gasteiger partial charge in [-0.1, -0.05) is 72.8 Å². The number of hydrogen-bond donors (Lipinski definition) is 0. The third-order valence-electron chi connectivity index (χ3n) is 9.20. The molecule has 3 aromatic heterocycles. The topological polar surface area (TPSA) is 14.8 Å². The van der Waals surface area contributed by atoms with Gasteiger partial charge in [-0.15, -0.1) is 0 Å². The highest BCUT2D eigenvalue weighted by Gasteiger charge is 2.16. The smallest absolute Gasteiger partial charge is 0.0547 e. The maximum atomic E-state index is 2.45. The normalized spacial score (nSPS) is 12.1. The van der Waals surface area contributed by atoms with Crippen LogP contribution in [0.3, 0.4) is 0 Å². The number of hydrogen-bond acceptors (Lipinski definition) is 0. The van der Waals surface area contributed by atoms with E-state index in [2.05, 4.69) is 173 Å². The van der Waals surface area contributed by atoms with E-state index in [-0.39, 0.29) is 0 Å². The van der Waals surface area contributed by atoms with E-state index in [4.69, 9.17) is 0 Å². The molecule has 210 valence electrons. The Morgan fingerprint density at radius 3 is 1.89 bits per heavy atom. The van der Waals surface area contributed by atoms with Crippen LogP contribution in [0.1, 0.15) is 19.9 Å². The van der Waals surface area contributed by atoms with Crippen molar-refractivity contribution in [1.82, 2.24) is 13.7 Å². The van der Waals surface area contributed by atoms with Gasteiger partial charge in [-0.25, -0.2) is 0 Å². The Morgan fingerprint density at radius 2 is 1.07 bits per heavy atom. The van der Waals surface area contributed by atoms with Crippen molar-refractivity contribution < 1.29 is 0 Å². The van der Waals surface area contributed by atoms with Crippen molar-refractivity contribution in [3.05, 3.63) is 146 Å². The lowest BCUT2D eigenvalue weighted by molar-refractivity contribution is 0.642. The predicted molar refractivity (Wildman–Crippen MR) is 186 cm³/mol. The van der Waals surface area contributed by atoms with Crippen LogP contribution in [0.4, 0.5) is 0 Å². The summed E-state index contributed by atoms with van der Waals surface area (Å²) in [6.07, 6.45) is 2.20. The first-order valence-electron chi connectivity index (χ1n) is 15.4. The van der Waals surface area contributed by atoms with E-state index >= 15 is 0 Å². The molecule has 3 nitrogen and oxygen atoms in total. The molecule has 0 unspecified atom stereocenters. The zero-order valence-corrected chi connectivity index (χ0v) is 24.8. The molecule has 0 aliphatic heterocycles. The molecule has 0 N–H and O–H groups in total. The Balaban J connectivity index is 1.17. The molecule has 0 saturated carbocycles. The quantitative estimate of drug-likeness (QED) is 0.202. The number of fused-ring (bicyclic) bond motifs is 7. The minimum atomic E-state index is 0.391. The van der Waals surface area contributed by atoms with Crippen LogP contribution in [0.25, 0.3) is 77.0 Å². The highest BCUT2D eigenvalue weighted by atomic mass is 15.0. The van der Waals surface area contributed by atoms with Gasteiger partial charge in [-0.05, 0) is 91.7 Å². The molecule has 0 amide bonds. The van der Waals surface area contributed by atoms with Crippen LogP contribution in [0, 0.1) is 0 Å². The SMILES string of the molecule is CC(C)n1c2ccccc2c2cc(-n3ccc4cc(-c5ccc6c7ccccc7n(-c7ccccc7)c6c5)ccc43)ccc21. The van der Waals surface area contributed by atoms with Crippen LogP contribution in [0.5, 0.6) is 0 Å². The second-order valence-electron chi connectivity index (χ2n) is 12.1. The summed E-state index contributed by atoms with van der Waals surface area (Å²) in [7, 11) is 0. The molecule has 0 saturated heterocycles. The first-order chi connectivity index (χ1) is 21.7. The Labute approximate surface area is 255 Å². The van der Waals surface area contributed by atoms with Crippen molar-refractivity contribution in [2.45, 2.75) is 19.9 Å². The average Bonchev–Trinajstić information content (AvgIpc) is 3.74. The molecular weight excluding hydrogens is 534 g/mol. The van der Waals surface area contributed by atoms with Crippen molar-refractivity contribution in [3.63, 3.8) is 0 Å². The Bertz CT molecular complexity index is 2520. The van der Waals surface area contributed by atoms with Crippen LogP contribution in [-0.4, -0.2) is 13.7 Å². The molecule has 0 spiro atoms. The summed E-state index contributed by atoms with van der Waals surface area (Å²) in [5.41, 5.74) is 11.0. The van der Waals surface area contributed by atoms with Crippen LogP contribution < -0.4 is 0 Å².